The zero-order chi connectivity index (χ0) is 19.9. The number of methoxy groups -OCH3 is 1. The Hall–Kier alpha value is -2.83. The van der Waals surface area contributed by atoms with Crippen molar-refractivity contribution in [3.05, 3.63) is 42.4 Å². The van der Waals surface area contributed by atoms with Gasteiger partial charge in [-0.05, 0) is 24.5 Å². The fourth-order valence-corrected chi connectivity index (χ4v) is 3.28. The quantitative estimate of drug-likeness (QED) is 0.792. The summed E-state index contributed by atoms with van der Waals surface area (Å²) in [6, 6.07) is 9.85. The Morgan fingerprint density at radius 3 is 2.57 bits per heavy atom. The van der Waals surface area contributed by atoms with Gasteiger partial charge < -0.3 is 19.9 Å². The topological polar surface area (TPSA) is 70.6 Å². The Morgan fingerprint density at radius 2 is 1.86 bits per heavy atom. The highest BCUT2D eigenvalue weighted by Gasteiger charge is 2.21. The van der Waals surface area contributed by atoms with Crippen molar-refractivity contribution in [2.45, 2.75) is 20.3 Å². The monoisotopic (exact) mass is 383 g/mol. The van der Waals surface area contributed by atoms with Crippen LogP contribution >= 0.6 is 0 Å². The molecule has 28 heavy (non-hydrogen) atoms. The summed E-state index contributed by atoms with van der Waals surface area (Å²) in [6.07, 6.45) is 2.42. The normalized spacial score (nSPS) is 14.3. The number of hydrogen-bond donors (Lipinski definition) is 1. The van der Waals surface area contributed by atoms with Gasteiger partial charge >= 0.3 is 0 Å². The Bertz CT molecular complexity index is 788. The molecular weight excluding hydrogens is 354 g/mol. The van der Waals surface area contributed by atoms with Crippen molar-refractivity contribution in [2.75, 3.05) is 49.6 Å². The molecule has 1 aliphatic heterocycles. The highest BCUT2D eigenvalue weighted by molar-refractivity contribution is 5.92. The summed E-state index contributed by atoms with van der Waals surface area (Å²) in [7, 11) is 1.70. The molecule has 1 amide bonds. The smallest absolute Gasteiger partial charge is 0.270 e. The molecule has 1 aromatic carbocycles. The molecule has 2 heterocycles. The van der Waals surface area contributed by atoms with E-state index < -0.39 is 0 Å². The number of rotatable bonds is 7. The number of anilines is 2. The maximum absolute atomic E-state index is 12.3. The number of nitrogens with one attached hydrogen (secondary N) is 1. The minimum atomic E-state index is -0.142. The van der Waals surface area contributed by atoms with Crippen molar-refractivity contribution in [1.82, 2.24) is 15.3 Å². The van der Waals surface area contributed by atoms with Crippen molar-refractivity contribution < 1.29 is 9.53 Å². The average molecular weight is 383 g/mol. The molecule has 7 heteroatoms. The zero-order valence-corrected chi connectivity index (χ0v) is 16.9. The summed E-state index contributed by atoms with van der Waals surface area (Å²) in [4.78, 5) is 25.4. The lowest BCUT2D eigenvalue weighted by Gasteiger charge is -2.37. The van der Waals surface area contributed by atoms with Gasteiger partial charge in [-0.2, -0.15) is 0 Å². The van der Waals surface area contributed by atoms with E-state index in [9.17, 15) is 4.79 Å². The minimum absolute atomic E-state index is 0.142. The first kappa shape index (κ1) is 19.9. The van der Waals surface area contributed by atoms with Crippen LogP contribution in [0, 0.1) is 5.92 Å². The number of para-hydroxylation sites is 2. The van der Waals surface area contributed by atoms with Gasteiger partial charge in [0.15, 0.2) is 0 Å². The van der Waals surface area contributed by atoms with Crippen LogP contribution in [0.4, 0.5) is 11.5 Å². The standard InChI is InChI=1S/C21H29N5O2/c1-16(2)8-9-22-21(27)17-14-20(24-15-23-17)26-12-10-25(11-13-26)18-6-4-5-7-19(18)28-3/h4-7,14-16H,8-13H2,1-3H3,(H,22,27). The summed E-state index contributed by atoms with van der Waals surface area (Å²) in [5.41, 5.74) is 1.53. The number of benzene rings is 1. The third kappa shape index (κ3) is 4.91. The number of piperazine rings is 1. The van der Waals surface area contributed by atoms with E-state index in [0.29, 0.717) is 18.2 Å². The molecule has 2 aromatic rings. The second-order valence-electron chi connectivity index (χ2n) is 7.35. The van der Waals surface area contributed by atoms with Crippen LogP contribution in [0.1, 0.15) is 30.8 Å². The van der Waals surface area contributed by atoms with Gasteiger partial charge in [0.05, 0.1) is 12.8 Å². The molecule has 0 radical (unpaired) electrons. The Balaban J connectivity index is 1.61. The SMILES string of the molecule is COc1ccccc1N1CCN(c2cc(C(=O)NCCC(C)C)ncn2)CC1. The van der Waals surface area contributed by atoms with Gasteiger partial charge in [0.2, 0.25) is 0 Å². The number of carbonyl (C=O) groups is 1. The molecule has 0 saturated carbocycles. The van der Waals surface area contributed by atoms with E-state index in [-0.39, 0.29) is 5.91 Å². The van der Waals surface area contributed by atoms with Gasteiger partial charge in [-0.15, -0.1) is 0 Å². The van der Waals surface area contributed by atoms with Crippen molar-refractivity contribution >= 4 is 17.4 Å². The van der Waals surface area contributed by atoms with E-state index in [1.165, 1.54) is 6.33 Å². The third-order valence-corrected chi connectivity index (χ3v) is 4.92. The second kappa shape index (κ2) is 9.39. The van der Waals surface area contributed by atoms with Gasteiger partial charge in [0.1, 0.15) is 23.6 Å². The summed E-state index contributed by atoms with van der Waals surface area (Å²) in [6.45, 7) is 8.31. The summed E-state index contributed by atoms with van der Waals surface area (Å²) >= 11 is 0. The number of ether oxygens (including phenoxy) is 1. The maximum Gasteiger partial charge on any atom is 0.270 e. The first-order valence-electron chi connectivity index (χ1n) is 9.81. The second-order valence-corrected chi connectivity index (χ2v) is 7.35. The van der Waals surface area contributed by atoms with Gasteiger partial charge in [-0.25, -0.2) is 9.97 Å². The van der Waals surface area contributed by atoms with Crippen LogP contribution in [0.3, 0.4) is 0 Å². The summed E-state index contributed by atoms with van der Waals surface area (Å²) < 4.78 is 5.48. The van der Waals surface area contributed by atoms with Gasteiger partial charge in [-0.1, -0.05) is 26.0 Å². The number of amides is 1. The molecule has 0 unspecified atom stereocenters. The Kier molecular flexibility index (Phi) is 6.68. The van der Waals surface area contributed by atoms with Gasteiger partial charge in [0.25, 0.3) is 5.91 Å². The Labute approximate surface area is 166 Å². The number of aromatic nitrogens is 2. The van der Waals surface area contributed by atoms with Crippen LogP contribution in [-0.4, -0.2) is 55.7 Å². The average Bonchev–Trinajstić information content (AvgIpc) is 2.73. The molecule has 0 spiro atoms. The van der Waals surface area contributed by atoms with Crippen LogP contribution < -0.4 is 19.9 Å². The van der Waals surface area contributed by atoms with Crippen molar-refractivity contribution in [3.63, 3.8) is 0 Å². The van der Waals surface area contributed by atoms with Crippen LogP contribution in [-0.2, 0) is 0 Å². The molecule has 7 nitrogen and oxygen atoms in total. The van der Waals surface area contributed by atoms with Gasteiger partial charge in [0, 0.05) is 38.8 Å². The van der Waals surface area contributed by atoms with E-state index in [2.05, 4.69) is 45.0 Å². The molecule has 0 atom stereocenters. The predicted octanol–water partition coefficient (Wildman–Crippen LogP) is 2.59. The lowest BCUT2D eigenvalue weighted by molar-refractivity contribution is 0.0947. The van der Waals surface area contributed by atoms with E-state index in [1.807, 2.05) is 18.2 Å². The highest BCUT2D eigenvalue weighted by atomic mass is 16.5. The van der Waals surface area contributed by atoms with E-state index in [0.717, 1.165) is 49.9 Å². The molecule has 0 bridgehead atoms. The van der Waals surface area contributed by atoms with E-state index in [1.54, 1.807) is 13.2 Å². The predicted molar refractivity (Wildman–Crippen MR) is 111 cm³/mol. The maximum atomic E-state index is 12.3. The van der Waals surface area contributed by atoms with Crippen molar-refractivity contribution in [3.8, 4) is 5.75 Å². The zero-order valence-electron chi connectivity index (χ0n) is 16.9. The lowest BCUT2D eigenvalue weighted by atomic mass is 10.1. The van der Waals surface area contributed by atoms with E-state index >= 15 is 0 Å². The summed E-state index contributed by atoms with van der Waals surface area (Å²) in [5.74, 6) is 2.10. The first-order chi connectivity index (χ1) is 13.6. The molecule has 1 fully saturated rings. The van der Waals surface area contributed by atoms with Crippen molar-refractivity contribution in [2.24, 2.45) is 5.92 Å². The number of nitrogens with zero attached hydrogens (tertiary/aromatic N) is 4. The first-order valence-corrected chi connectivity index (χ1v) is 9.81. The molecule has 3 rings (SSSR count). The van der Waals surface area contributed by atoms with E-state index in [4.69, 9.17) is 4.74 Å². The fraction of sp³-hybridized carbons (Fsp3) is 0.476. The van der Waals surface area contributed by atoms with Crippen LogP contribution in [0.15, 0.2) is 36.7 Å². The van der Waals surface area contributed by atoms with Crippen LogP contribution in [0.5, 0.6) is 5.75 Å². The molecule has 1 N–H and O–H groups in total. The molecule has 1 aliphatic rings. The van der Waals surface area contributed by atoms with Gasteiger partial charge in [-0.3, -0.25) is 4.79 Å². The number of carbonyl (C=O) groups excluding carboxylic acids is 1. The highest BCUT2D eigenvalue weighted by Crippen LogP contribution is 2.28. The molecular formula is C21H29N5O2. The summed E-state index contributed by atoms with van der Waals surface area (Å²) in [5, 5.41) is 2.93. The van der Waals surface area contributed by atoms with Crippen LogP contribution in [0.25, 0.3) is 0 Å². The molecule has 150 valence electrons. The Morgan fingerprint density at radius 1 is 1.14 bits per heavy atom. The molecule has 1 aromatic heterocycles. The molecule has 1 saturated heterocycles. The molecule has 0 aliphatic carbocycles. The largest absolute Gasteiger partial charge is 0.495 e. The minimum Gasteiger partial charge on any atom is -0.495 e. The number of hydrogen-bond acceptors (Lipinski definition) is 6. The fourth-order valence-electron chi connectivity index (χ4n) is 3.28. The lowest BCUT2D eigenvalue weighted by Crippen LogP contribution is -2.47. The van der Waals surface area contributed by atoms with Crippen molar-refractivity contribution in [1.29, 1.82) is 0 Å². The van der Waals surface area contributed by atoms with Crippen LogP contribution in [0.2, 0.25) is 0 Å². The third-order valence-electron chi connectivity index (χ3n) is 4.92.